The van der Waals surface area contributed by atoms with E-state index in [1.807, 2.05) is 48.5 Å². The number of amides is 2. The van der Waals surface area contributed by atoms with Crippen LogP contribution in [0.1, 0.15) is 36.8 Å². The lowest BCUT2D eigenvalue weighted by atomic mass is 9.98. The van der Waals surface area contributed by atoms with E-state index in [9.17, 15) is 19.5 Å². The molecule has 0 saturated heterocycles. The molecule has 1 unspecified atom stereocenters. The highest BCUT2D eigenvalue weighted by molar-refractivity contribution is 5.83. The summed E-state index contributed by atoms with van der Waals surface area (Å²) < 4.78 is 5.37. The fraction of sp³-hybridized carbons (Fsp3) is 0.348. The Morgan fingerprint density at radius 1 is 1.03 bits per heavy atom. The van der Waals surface area contributed by atoms with Crippen molar-refractivity contribution in [3.63, 3.8) is 0 Å². The van der Waals surface area contributed by atoms with Crippen molar-refractivity contribution in [1.82, 2.24) is 10.6 Å². The molecule has 2 atom stereocenters. The Hall–Kier alpha value is -3.39. The predicted octanol–water partition coefficient (Wildman–Crippen LogP) is 2.26. The Morgan fingerprint density at radius 2 is 1.61 bits per heavy atom. The number of rotatable bonds is 9. The van der Waals surface area contributed by atoms with Gasteiger partial charge in [-0.15, -0.1) is 0 Å². The largest absolute Gasteiger partial charge is 0.480 e. The minimum absolute atomic E-state index is 0.0733. The first kappa shape index (κ1) is 22.3. The van der Waals surface area contributed by atoms with Gasteiger partial charge in [0, 0.05) is 12.5 Å². The van der Waals surface area contributed by atoms with E-state index in [4.69, 9.17) is 9.84 Å². The fourth-order valence-corrected chi connectivity index (χ4v) is 3.73. The van der Waals surface area contributed by atoms with Gasteiger partial charge in [-0.25, -0.2) is 9.59 Å². The molecule has 3 rings (SSSR count). The third-order valence-electron chi connectivity index (χ3n) is 5.29. The van der Waals surface area contributed by atoms with Crippen molar-refractivity contribution in [1.29, 1.82) is 0 Å². The lowest BCUT2D eigenvalue weighted by Crippen LogP contribution is -2.43. The van der Waals surface area contributed by atoms with E-state index in [2.05, 4.69) is 10.6 Å². The second kappa shape index (κ2) is 10.1. The lowest BCUT2D eigenvalue weighted by molar-refractivity contribution is -0.142. The number of hydrogen-bond acceptors (Lipinski definition) is 5. The molecule has 0 aromatic heterocycles. The van der Waals surface area contributed by atoms with E-state index in [1.54, 1.807) is 6.92 Å². The van der Waals surface area contributed by atoms with Crippen LogP contribution < -0.4 is 10.6 Å². The SMILES string of the molecule is CC[C@H](NC(=O)CC(O)CNC(=O)OCC1c2ccccc2-c2ccccc21)C(=O)O. The Bertz CT molecular complexity index is 915. The molecule has 0 fully saturated rings. The molecule has 0 radical (unpaired) electrons. The van der Waals surface area contributed by atoms with Crippen LogP contribution in [0.3, 0.4) is 0 Å². The molecule has 0 heterocycles. The fourth-order valence-electron chi connectivity index (χ4n) is 3.73. The molecular formula is C23H26N2O6. The zero-order valence-electron chi connectivity index (χ0n) is 17.2. The van der Waals surface area contributed by atoms with Gasteiger partial charge in [-0.2, -0.15) is 0 Å². The molecule has 2 amide bonds. The van der Waals surface area contributed by atoms with Crippen LogP contribution in [0, 0.1) is 0 Å². The normalized spacial score (nSPS) is 14.1. The zero-order valence-corrected chi connectivity index (χ0v) is 17.2. The summed E-state index contributed by atoms with van der Waals surface area (Å²) in [5, 5.41) is 23.7. The van der Waals surface area contributed by atoms with E-state index in [1.165, 1.54) is 0 Å². The standard InChI is InChI=1S/C23H26N2O6/c1-2-20(22(28)29)25-21(27)11-14(26)12-24-23(30)31-13-19-17-9-5-3-7-15(17)16-8-4-6-10-18(16)19/h3-10,14,19-20,26H,2,11-13H2,1H3,(H,24,30)(H,25,27)(H,28,29)/t14?,20-/m0/s1. The Labute approximate surface area is 180 Å². The van der Waals surface area contributed by atoms with Crippen LogP contribution in [0.5, 0.6) is 0 Å². The highest BCUT2D eigenvalue weighted by Crippen LogP contribution is 2.44. The van der Waals surface area contributed by atoms with Gasteiger partial charge in [0.2, 0.25) is 5.91 Å². The van der Waals surface area contributed by atoms with E-state index in [-0.39, 0.29) is 31.9 Å². The summed E-state index contributed by atoms with van der Waals surface area (Å²) in [6, 6.07) is 15.0. The molecule has 0 saturated carbocycles. The van der Waals surface area contributed by atoms with Crippen molar-refractivity contribution in [2.45, 2.75) is 37.8 Å². The number of aliphatic hydroxyl groups is 1. The van der Waals surface area contributed by atoms with Crippen LogP contribution in [0.25, 0.3) is 11.1 Å². The number of alkyl carbamates (subject to hydrolysis) is 1. The lowest BCUT2D eigenvalue weighted by Gasteiger charge is -2.16. The van der Waals surface area contributed by atoms with Crippen molar-refractivity contribution in [3.05, 3.63) is 59.7 Å². The number of hydrogen-bond donors (Lipinski definition) is 4. The Morgan fingerprint density at radius 3 is 2.16 bits per heavy atom. The van der Waals surface area contributed by atoms with E-state index < -0.39 is 30.1 Å². The topological polar surface area (TPSA) is 125 Å². The van der Waals surface area contributed by atoms with Gasteiger partial charge in [0.1, 0.15) is 12.6 Å². The average molecular weight is 426 g/mol. The van der Waals surface area contributed by atoms with Gasteiger partial charge in [-0.05, 0) is 28.7 Å². The Kier molecular flexibility index (Phi) is 7.25. The number of carbonyl (C=O) groups excluding carboxylic acids is 2. The molecule has 8 heteroatoms. The molecule has 0 aliphatic heterocycles. The van der Waals surface area contributed by atoms with Crippen LogP contribution >= 0.6 is 0 Å². The number of aliphatic hydroxyl groups excluding tert-OH is 1. The third-order valence-corrected chi connectivity index (χ3v) is 5.29. The second-order valence-electron chi connectivity index (χ2n) is 7.43. The van der Waals surface area contributed by atoms with Gasteiger partial charge in [0.15, 0.2) is 0 Å². The van der Waals surface area contributed by atoms with Crippen molar-refractivity contribution in [2.75, 3.05) is 13.2 Å². The summed E-state index contributed by atoms with van der Waals surface area (Å²) in [6.45, 7) is 1.59. The van der Waals surface area contributed by atoms with Crippen LogP contribution in [-0.4, -0.2) is 53.5 Å². The van der Waals surface area contributed by atoms with Crippen LogP contribution in [0.4, 0.5) is 4.79 Å². The van der Waals surface area contributed by atoms with Crippen LogP contribution in [0.15, 0.2) is 48.5 Å². The maximum absolute atomic E-state index is 12.1. The second-order valence-corrected chi connectivity index (χ2v) is 7.43. The van der Waals surface area contributed by atoms with Gasteiger partial charge in [0.05, 0.1) is 12.5 Å². The third kappa shape index (κ3) is 5.40. The van der Waals surface area contributed by atoms with Crippen molar-refractivity contribution in [3.8, 4) is 11.1 Å². The highest BCUT2D eigenvalue weighted by Gasteiger charge is 2.29. The molecule has 8 nitrogen and oxygen atoms in total. The number of ether oxygens (including phenoxy) is 1. The van der Waals surface area contributed by atoms with Crippen LogP contribution in [0.2, 0.25) is 0 Å². The number of carbonyl (C=O) groups is 3. The monoisotopic (exact) mass is 426 g/mol. The van der Waals surface area contributed by atoms with Crippen molar-refractivity contribution < 1.29 is 29.3 Å². The molecule has 2 aromatic rings. The minimum atomic E-state index is -1.16. The van der Waals surface area contributed by atoms with Crippen molar-refractivity contribution >= 4 is 18.0 Å². The summed E-state index contributed by atoms with van der Waals surface area (Å²) in [7, 11) is 0. The average Bonchev–Trinajstić information content (AvgIpc) is 3.08. The summed E-state index contributed by atoms with van der Waals surface area (Å²) in [4.78, 5) is 34.9. The number of carboxylic acids is 1. The van der Waals surface area contributed by atoms with Crippen molar-refractivity contribution in [2.24, 2.45) is 0 Å². The van der Waals surface area contributed by atoms with Gasteiger partial charge in [0.25, 0.3) is 0 Å². The number of aliphatic carboxylic acids is 1. The molecule has 4 N–H and O–H groups in total. The summed E-state index contributed by atoms with van der Waals surface area (Å²) >= 11 is 0. The first-order valence-electron chi connectivity index (χ1n) is 10.2. The molecule has 1 aliphatic carbocycles. The van der Waals surface area contributed by atoms with Gasteiger partial charge >= 0.3 is 12.1 Å². The summed E-state index contributed by atoms with van der Waals surface area (Å²) in [5.41, 5.74) is 4.44. The van der Waals surface area contributed by atoms with Gasteiger partial charge in [-0.3, -0.25) is 4.79 Å². The summed E-state index contributed by atoms with van der Waals surface area (Å²) in [6.07, 6.45) is -1.95. The number of nitrogens with one attached hydrogen (secondary N) is 2. The maximum atomic E-state index is 12.1. The molecule has 164 valence electrons. The van der Waals surface area contributed by atoms with Gasteiger partial charge < -0.3 is 25.6 Å². The number of fused-ring (bicyclic) bond motifs is 3. The van der Waals surface area contributed by atoms with Crippen LogP contribution in [-0.2, 0) is 14.3 Å². The maximum Gasteiger partial charge on any atom is 0.407 e. The quantitative estimate of drug-likeness (QED) is 0.487. The molecular weight excluding hydrogens is 400 g/mol. The molecule has 0 spiro atoms. The number of carboxylic acid groups (broad SMARTS) is 1. The minimum Gasteiger partial charge on any atom is -0.480 e. The molecule has 1 aliphatic rings. The molecule has 0 bridgehead atoms. The smallest absolute Gasteiger partial charge is 0.407 e. The van der Waals surface area contributed by atoms with E-state index in [0.717, 1.165) is 22.3 Å². The van der Waals surface area contributed by atoms with E-state index in [0.29, 0.717) is 0 Å². The Balaban J connectivity index is 1.48. The molecule has 31 heavy (non-hydrogen) atoms. The predicted molar refractivity (Wildman–Crippen MR) is 114 cm³/mol. The first-order valence-corrected chi connectivity index (χ1v) is 10.2. The number of benzene rings is 2. The summed E-state index contributed by atoms with van der Waals surface area (Å²) in [5.74, 6) is -1.81. The van der Waals surface area contributed by atoms with E-state index >= 15 is 0 Å². The van der Waals surface area contributed by atoms with Gasteiger partial charge in [-0.1, -0.05) is 55.5 Å². The highest BCUT2D eigenvalue weighted by atomic mass is 16.5. The molecule has 2 aromatic carbocycles. The zero-order chi connectivity index (χ0) is 22.4. The first-order chi connectivity index (χ1) is 14.9.